The van der Waals surface area contributed by atoms with Gasteiger partial charge < -0.3 is 9.29 Å². The second-order valence-corrected chi connectivity index (χ2v) is 5.26. The van der Waals surface area contributed by atoms with Gasteiger partial charge in [-0.05, 0) is 11.5 Å². The van der Waals surface area contributed by atoms with E-state index in [1.807, 2.05) is 0 Å². The quantitative estimate of drug-likeness (QED) is 0.491. The summed E-state index contributed by atoms with van der Waals surface area (Å²) in [5.41, 5.74) is 0. The second kappa shape index (κ2) is 4.80. The van der Waals surface area contributed by atoms with Crippen molar-refractivity contribution in [3.05, 3.63) is 42.5 Å². The molecule has 0 N–H and O–H groups in total. The van der Waals surface area contributed by atoms with Gasteiger partial charge in [0.1, 0.15) is 5.75 Å². The largest absolute Gasteiger partial charge is 0.743 e. The van der Waals surface area contributed by atoms with Gasteiger partial charge in [-0.3, -0.25) is 0 Å². The lowest BCUT2D eigenvalue weighted by molar-refractivity contribution is -0.151. The number of alkyl halides is 2. The molecule has 0 aliphatic heterocycles. The molecule has 0 unspecified atom stereocenters. The van der Waals surface area contributed by atoms with Gasteiger partial charge in [-0.25, -0.2) is 13.2 Å². The Hall–Kier alpha value is -2.06. The van der Waals surface area contributed by atoms with E-state index in [-0.39, 0.29) is 5.75 Å². The third-order valence-electron chi connectivity index (χ3n) is 2.50. The first-order valence-corrected chi connectivity index (χ1v) is 6.67. The maximum Gasteiger partial charge on any atom is 0.429 e. The van der Waals surface area contributed by atoms with Gasteiger partial charge in [0, 0.05) is 5.39 Å². The monoisotopic (exact) mass is 301 g/mol. The maximum atomic E-state index is 13.0. The lowest BCUT2D eigenvalue weighted by Gasteiger charge is -2.18. The van der Waals surface area contributed by atoms with Crippen LogP contribution in [0.15, 0.2) is 42.5 Å². The van der Waals surface area contributed by atoms with E-state index >= 15 is 0 Å². The smallest absolute Gasteiger partial charge is 0.429 e. The zero-order valence-electron chi connectivity index (χ0n) is 9.75. The Kier molecular flexibility index (Phi) is 3.45. The molecule has 0 bridgehead atoms. The van der Waals surface area contributed by atoms with Crippen molar-refractivity contribution < 1.29 is 31.3 Å². The molecule has 2 rings (SSSR count). The van der Waals surface area contributed by atoms with E-state index in [0.717, 1.165) is 0 Å². The Bertz CT molecular complexity index is 765. The molecule has 0 fully saturated rings. The van der Waals surface area contributed by atoms with Crippen LogP contribution in [0.4, 0.5) is 8.78 Å². The molecule has 0 radical (unpaired) electrons. The summed E-state index contributed by atoms with van der Waals surface area (Å²) in [6, 6.07) is 10.7. The molecular weight excluding hydrogens is 294 g/mol. The van der Waals surface area contributed by atoms with Crippen molar-refractivity contribution >= 4 is 26.9 Å². The standard InChI is InChI=1S/C12H8F2O5S/c13-12(14,20(16,17)18)11(15)19-10-7-3-5-8-4-1-2-6-9(8)10/h1-7H,(H,16,17,18)/p-1. The molecule has 0 amide bonds. The van der Waals surface area contributed by atoms with Gasteiger partial charge in [0.05, 0.1) is 0 Å². The molecular formula is C12H7F2O5S-. The van der Waals surface area contributed by atoms with Crippen LogP contribution in [0.1, 0.15) is 0 Å². The minimum atomic E-state index is -6.13. The minimum Gasteiger partial charge on any atom is -0.743 e. The first-order chi connectivity index (χ1) is 9.23. The molecule has 0 aromatic heterocycles. The first kappa shape index (κ1) is 14.4. The van der Waals surface area contributed by atoms with Crippen molar-refractivity contribution in [1.29, 1.82) is 0 Å². The van der Waals surface area contributed by atoms with Crippen molar-refractivity contribution in [3.63, 3.8) is 0 Å². The van der Waals surface area contributed by atoms with E-state index in [2.05, 4.69) is 4.74 Å². The van der Waals surface area contributed by atoms with Gasteiger partial charge >= 0.3 is 11.2 Å². The maximum absolute atomic E-state index is 13.0. The Morgan fingerprint density at radius 3 is 2.35 bits per heavy atom. The van der Waals surface area contributed by atoms with Crippen molar-refractivity contribution in [2.45, 2.75) is 5.25 Å². The highest BCUT2D eigenvalue weighted by Crippen LogP contribution is 2.29. The van der Waals surface area contributed by atoms with Gasteiger partial charge in [-0.1, -0.05) is 36.4 Å². The molecule has 0 aliphatic carbocycles. The lowest BCUT2D eigenvalue weighted by Crippen LogP contribution is -2.40. The Labute approximate surface area is 112 Å². The van der Waals surface area contributed by atoms with Crippen LogP contribution in [-0.4, -0.2) is 24.2 Å². The number of esters is 1. The van der Waals surface area contributed by atoms with Crippen LogP contribution >= 0.6 is 0 Å². The Balaban J connectivity index is 2.41. The Morgan fingerprint density at radius 1 is 1.10 bits per heavy atom. The van der Waals surface area contributed by atoms with Gasteiger partial charge in [-0.15, -0.1) is 0 Å². The van der Waals surface area contributed by atoms with Crippen molar-refractivity contribution in [3.8, 4) is 5.75 Å². The topological polar surface area (TPSA) is 83.5 Å². The van der Waals surface area contributed by atoms with E-state index in [1.165, 1.54) is 18.2 Å². The zero-order chi connectivity index (χ0) is 15.0. The molecule has 5 nitrogen and oxygen atoms in total. The van der Waals surface area contributed by atoms with Crippen molar-refractivity contribution in [1.82, 2.24) is 0 Å². The van der Waals surface area contributed by atoms with Gasteiger partial charge in [-0.2, -0.15) is 8.78 Å². The predicted octanol–water partition coefficient (Wildman–Crippen LogP) is 1.88. The number of hydrogen-bond donors (Lipinski definition) is 0. The van der Waals surface area contributed by atoms with E-state index in [9.17, 15) is 26.5 Å². The molecule has 0 heterocycles. The van der Waals surface area contributed by atoms with E-state index in [1.54, 1.807) is 24.3 Å². The van der Waals surface area contributed by atoms with Crippen LogP contribution in [0.2, 0.25) is 0 Å². The highest BCUT2D eigenvalue weighted by molar-refractivity contribution is 7.87. The number of rotatable bonds is 3. The number of ether oxygens (including phenoxy) is 1. The number of halogens is 2. The summed E-state index contributed by atoms with van der Waals surface area (Å²) in [7, 11) is -6.13. The predicted molar refractivity (Wildman–Crippen MR) is 64.2 cm³/mol. The first-order valence-electron chi connectivity index (χ1n) is 5.27. The van der Waals surface area contributed by atoms with E-state index in [4.69, 9.17) is 0 Å². The third kappa shape index (κ3) is 2.47. The zero-order valence-corrected chi connectivity index (χ0v) is 10.6. The summed E-state index contributed by atoms with van der Waals surface area (Å²) >= 11 is 0. The molecule has 0 saturated heterocycles. The summed E-state index contributed by atoms with van der Waals surface area (Å²) < 4.78 is 61.4. The van der Waals surface area contributed by atoms with Crippen LogP contribution < -0.4 is 4.74 Å². The van der Waals surface area contributed by atoms with Crippen LogP contribution in [-0.2, 0) is 14.9 Å². The van der Waals surface area contributed by atoms with Gasteiger partial charge in [0.2, 0.25) is 0 Å². The fourth-order valence-electron chi connectivity index (χ4n) is 1.55. The van der Waals surface area contributed by atoms with E-state index < -0.39 is 21.3 Å². The number of carbonyl (C=O) groups is 1. The molecule has 8 heteroatoms. The number of carbonyl (C=O) groups excluding carboxylic acids is 1. The normalized spacial score (nSPS) is 12.3. The third-order valence-corrected chi connectivity index (χ3v) is 3.30. The molecule has 106 valence electrons. The molecule has 0 atom stereocenters. The molecule has 2 aromatic rings. The lowest BCUT2D eigenvalue weighted by atomic mass is 10.1. The van der Waals surface area contributed by atoms with Crippen molar-refractivity contribution in [2.24, 2.45) is 0 Å². The minimum absolute atomic E-state index is 0.253. The number of benzene rings is 2. The number of hydrogen-bond acceptors (Lipinski definition) is 5. The van der Waals surface area contributed by atoms with Crippen LogP contribution in [0.5, 0.6) is 5.75 Å². The summed E-state index contributed by atoms with van der Waals surface area (Å²) in [6.07, 6.45) is 0. The second-order valence-electron chi connectivity index (χ2n) is 3.84. The van der Waals surface area contributed by atoms with Gasteiger partial charge in [0.25, 0.3) is 0 Å². The fourth-order valence-corrected chi connectivity index (χ4v) is 1.79. The van der Waals surface area contributed by atoms with Crippen LogP contribution in [0.25, 0.3) is 10.8 Å². The highest BCUT2D eigenvalue weighted by Gasteiger charge is 2.49. The van der Waals surface area contributed by atoms with Crippen molar-refractivity contribution in [2.75, 3.05) is 0 Å². The average Bonchev–Trinajstić information content (AvgIpc) is 2.37. The van der Waals surface area contributed by atoms with Gasteiger partial charge in [0.15, 0.2) is 10.1 Å². The average molecular weight is 301 g/mol. The van der Waals surface area contributed by atoms with E-state index in [0.29, 0.717) is 10.8 Å². The van der Waals surface area contributed by atoms with Crippen LogP contribution in [0, 0.1) is 0 Å². The molecule has 0 aliphatic rings. The molecule has 0 spiro atoms. The molecule has 2 aromatic carbocycles. The summed E-state index contributed by atoms with van der Waals surface area (Å²) in [6.45, 7) is 0. The summed E-state index contributed by atoms with van der Waals surface area (Å²) in [5, 5.41) is -4.20. The molecule has 20 heavy (non-hydrogen) atoms. The summed E-state index contributed by atoms with van der Waals surface area (Å²) in [5.74, 6) is -2.68. The number of fused-ring (bicyclic) bond motifs is 1. The van der Waals surface area contributed by atoms with Crippen LogP contribution in [0.3, 0.4) is 0 Å². The SMILES string of the molecule is O=C(Oc1cccc2ccccc12)C(F)(F)S(=O)(=O)[O-]. The Morgan fingerprint density at radius 2 is 1.70 bits per heavy atom. The molecule has 0 saturated carbocycles. The summed E-state index contributed by atoms with van der Waals surface area (Å²) in [4.78, 5) is 11.2. The fraction of sp³-hybridized carbons (Fsp3) is 0.0833. The highest BCUT2D eigenvalue weighted by atomic mass is 32.2.